The minimum atomic E-state index is -0.744. The van der Waals surface area contributed by atoms with Crippen molar-refractivity contribution in [2.75, 3.05) is 33.8 Å². The molecule has 0 bridgehead atoms. The van der Waals surface area contributed by atoms with Crippen molar-refractivity contribution in [3.8, 4) is 5.75 Å². The van der Waals surface area contributed by atoms with Crippen LogP contribution >= 0.6 is 11.6 Å². The van der Waals surface area contributed by atoms with E-state index in [0.29, 0.717) is 31.0 Å². The van der Waals surface area contributed by atoms with Crippen LogP contribution in [0.3, 0.4) is 0 Å². The van der Waals surface area contributed by atoms with Crippen molar-refractivity contribution in [1.82, 2.24) is 14.8 Å². The third-order valence-electron chi connectivity index (χ3n) is 4.85. The average Bonchev–Trinajstić information content (AvgIpc) is 2.98. The quantitative estimate of drug-likeness (QED) is 0.413. The van der Waals surface area contributed by atoms with Crippen molar-refractivity contribution in [2.24, 2.45) is 0 Å². The van der Waals surface area contributed by atoms with Crippen LogP contribution in [-0.4, -0.2) is 65.4 Å². The number of Topliss-reactive ketones (excluding diaryl/α,β-unsaturated/α-hetero) is 1. The molecule has 158 valence electrons. The van der Waals surface area contributed by atoms with Gasteiger partial charge in [0.25, 0.3) is 11.7 Å². The highest BCUT2D eigenvalue weighted by molar-refractivity contribution is 6.47. The Hall–Kier alpha value is -2.90. The third-order valence-corrected chi connectivity index (χ3v) is 5.18. The van der Waals surface area contributed by atoms with Gasteiger partial charge in [0.1, 0.15) is 11.5 Å². The van der Waals surface area contributed by atoms with E-state index >= 15 is 0 Å². The van der Waals surface area contributed by atoms with Gasteiger partial charge in [0.2, 0.25) is 0 Å². The lowest BCUT2D eigenvalue weighted by atomic mass is 9.96. The number of rotatable bonds is 7. The molecule has 8 heteroatoms. The Morgan fingerprint density at radius 2 is 1.93 bits per heavy atom. The van der Waals surface area contributed by atoms with Crippen LogP contribution in [0.1, 0.15) is 24.1 Å². The number of likely N-dealkylation sites (N-methyl/N-ethyl adjacent to an activating group) is 1. The molecule has 0 radical (unpaired) electrons. The number of aliphatic hydroxyl groups is 1. The molecule has 1 aromatic carbocycles. The van der Waals surface area contributed by atoms with E-state index in [1.54, 1.807) is 42.7 Å². The molecule has 1 fully saturated rings. The normalized spacial score (nSPS) is 18.3. The lowest BCUT2D eigenvalue weighted by molar-refractivity contribution is -0.140. The molecular formula is C22H24ClN3O4. The fourth-order valence-electron chi connectivity index (χ4n) is 3.40. The SMILES string of the molecule is CCOc1ccc(Cl)c(/C(O)=C2\C(=O)C(=O)N(CCN(C)C)C2c2ccncc2)c1. The molecule has 2 aromatic rings. The van der Waals surface area contributed by atoms with E-state index < -0.39 is 17.7 Å². The summed E-state index contributed by atoms with van der Waals surface area (Å²) in [6.07, 6.45) is 3.17. The van der Waals surface area contributed by atoms with Crippen LogP contribution in [0.5, 0.6) is 5.75 Å². The summed E-state index contributed by atoms with van der Waals surface area (Å²) in [5.74, 6) is -1.22. The van der Waals surface area contributed by atoms with E-state index in [4.69, 9.17) is 16.3 Å². The molecular weight excluding hydrogens is 406 g/mol. The van der Waals surface area contributed by atoms with Crippen LogP contribution in [0.2, 0.25) is 5.02 Å². The fourth-order valence-corrected chi connectivity index (χ4v) is 3.61. The number of nitrogens with zero attached hydrogens (tertiary/aromatic N) is 3. The summed E-state index contributed by atoms with van der Waals surface area (Å²) < 4.78 is 5.49. The van der Waals surface area contributed by atoms with Crippen molar-refractivity contribution in [1.29, 1.82) is 0 Å². The number of hydrogen-bond acceptors (Lipinski definition) is 6. The molecule has 1 amide bonds. The average molecular weight is 430 g/mol. The summed E-state index contributed by atoms with van der Waals surface area (Å²) in [7, 11) is 3.77. The number of carbonyl (C=O) groups excluding carboxylic acids is 2. The molecule has 1 aliphatic heterocycles. The molecule has 2 heterocycles. The van der Waals surface area contributed by atoms with Gasteiger partial charge in [-0.2, -0.15) is 0 Å². The summed E-state index contributed by atoms with van der Waals surface area (Å²) >= 11 is 6.31. The predicted octanol–water partition coefficient (Wildman–Crippen LogP) is 3.12. The predicted molar refractivity (Wildman–Crippen MR) is 114 cm³/mol. The minimum Gasteiger partial charge on any atom is -0.507 e. The number of amides is 1. The van der Waals surface area contributed by atoms with Crippen molar-refractivity contribution in [2.45, 2.75) is 13.0 Å². The number of ketones is 1. The largest absolute Gasteiger partial charge is 0.507 e. The Balaban J connectivity index is 2.16. The van der Waals surface area contributed by atoms with Crippen molar-refractivity contribution in [3.63, 3.8) is 0 Å². The zero-order chi connectivity index (χ0) is 21.8. The molecule has 0 aliphatic carbocycles. The number of pyridine rings is 1. The Bertz CT molecular complexity index is 976. The number of carbonyl (C=O) groups is 2. The van der Waals surface area contributed by atoms with Crippen LogP contribution in [0, 0.1) is 0 Å². The number of benzene rings is 1. The van der Waals surface area contributed by atoms with Crippen molar-refractivity contribution >= 4 is 29.1 Å². The second kappa shape index (κ2) is 9.28. The number of ether oxygens (including phenoxy) is 1. The van der Waals surface area contributed by atoms with Gasteiger partial charge in [-0.05, 0) is 56.9 Å². The zero-order valence-electron chi connectivity index (χ0n) is 17.1. The molecule has 30 heavy (non-hydrogen) atoms. The molecule has 1 saturated heterocycles. The molecule has 7 nitrogen and oxygen atoms in total. The van der Waals surface area contributed by atoms with Gasteiger partial charge >= 0.3 is 0 Å². The van der Waals surface area contributed by atoms with Gasteiger partial charge < -0.3 is 19.6 Å². The standard InChI is InChI=1S/C22H24ClN3O4/c1-4-30-15-5-6-17(23)16(13-15)20(27)18-19(14-7-9-24-10-8-14)26(12-11-25(2)3)22(29)21(18)28/h5-10,13,19,27H,4,11-12H2,1-3H3/b20-18+. The number of halogens is 1. The summed E-state index contributed by atoms with van der Waals surface area (Å²) in [4.78, 5) is 33.2. The van der Waals surface area contributed by atoms with Crippen LogP contribution in [0.15, 0.2) is 48.3 Å². The number of hydrogen-bond donors (Lipinski definition) is 1. The maximum absolute atomic E-state index is 13.0. The number of aromatic nitrogens is 1. The van der Waals surface area contributed by atoms with Gasteiger partial charge in [-0.25, -0.2) is 0 Å². The van der Waals surface area contributed by atoms with Crippen LogP contribution in [-0.2, 0) is 9.59 Å². The highest BCUT2D eigenvalue weighted by atomic mass is 35.5. The van der Waals surface area contributed by atoms with Crippen LogP contribution in [0.4, 0.5) is 0 Å². The van der Waals surface area contributed by atoms with Gasteiger partial charge in [0, 0.05) is 31.0 Å². The fraction of sp³-hybridized carbons (Fsp3) is 0.318. The highest BCUT2D eigenvalue weighted by Crippen LogP contribution is 2.40. The molecule has 0 spiro atoms. The first-order valence-corrected chi connectivity index (χ1v) is 9.98. The summed E-state index contributed by atoms with van der Waals surface area (Å²) in [5, 5.41) is 11.4. The Kier molecular flexibility index (Phi) is 6.74. The Morgan fingerprint density at radius 1 is 1.23 bits per heavy atom. The van der Waals surface area contributed by atoms with Gasteiger partial charge in [-0.15, -0.1) is 0 Å². The Morgan fingerprint density at radius 3 is 2.57 bits per heavy atom. The zero-order valence-corrected chi connectivity index (χ0v) is 17.9. The van der Waals surface area contributed by atoms with E-state index in [2.05, 4.69) is 4.98 Å². The number of aliphatic hydroxyl groups excluding tert-OH is 1. The van der Waals surface area contributed by atoms with E-state index in [1.165, 1.54) is 4.90 Å². The van der Waals surface area contributed by atoms with Gasteiger partial charge in [-0.1, -0.05) is 11.6 Å². The molecule has 0 saturated carbocycles. The van der Waals surface area contributed by atoms with Crippen molar-refractivity contribution < 1.29 is 19.4 Å². The molecule has 1 aliphatic rings. The lowest BCUT2D eigenvalue weighted by Crippen LogP contribution is -2.35. The third kappa shape index (κ3) is 4.32. The van der Waals surface area contributed by atoms with Gasteiger partial charge in [0.15, 0.2) is 0 Å². The lowest BCUT2D eigenvalue weighted by Gasteiger charge is -2.26. The topological polar surface area (TPSA) is 83.0 Å². The van der Waals surface area contributed by atoms with Gasteiger partial charge in [0.05, 0.1) is 23.2 Å². The first kappa shape index (κ1) is 21.8. The first-order chi connectivity index (χ1) is 14.3. The van der Waals surface area contributed by atoms with Crippen LogP contribution in [0.25, 0.3) is 5.76 Å². The van der Waals surface area contributed by atoms with E-state index in [0.717, 1.165) is 0 Å². The van der Waals surface area contributed by atoms with E-state index in [9.17, 15) is 14.7 Å². The second-order valence-corrected chi connectivity index (χ2v) is 7.56. The molecule has 1 N–H and O–H groups in total. The monoisotopic (exact) mass is 429 g/mol. The number of likely N-dealkylation sites (tertiary alicyclic amines) is 1. The van der Waals surface area contributed by atoms with Crippen LogP contribution < -0.4 is 4.74 Å². The Labute approximate surface area is 180 Å². The maximum atomic E-state index is 13.0. The second-order valence-electron chi connectivity index (χ2n) is 7.15. The summed E-state index contributed by atoms with van der Waals surface area (Å²) in [5.41, 5.74) is 0.925. The van der Waals surface area contributed by atoms with Crippen molar-refractivity contribution in [3.05, 3.63) is 64.4 Å². The van der Waals surface area contributed by atoms with E-state index in [-0.39, 0.29) is 21.9 Å². The summed E-state index contributed by atoms with van der Waals surface area (Å²) in [6, 6.07) is 7.55. The maximum Gasteiger partial charge on any atom is 0.295 e. The molecule has 1 unspecified atom stereocenters. The van der Waals surface area contributed by atoms with E-state index in [1.807, 2.05) is 25.9 Å². The molecule has 1 aromatic heterocycles. The highest BCUT2D eigenvalue weighted by Gasteiger charge is 2.46. The summed E-state index contributed by atoms with van der Waals surface area (Å²) in [6.45, 7) is 3.17. The molecule has 1 atom stereocenters. The van der Waals surface area contributed by atoms with Gasteiger partial charge in [-0.3, -0.25) is 14.6 Å². The minimum absolute atomic E-state index is 0.000467. The first-order valence-electron chi connectivity index (χ1n) is 9.61. The molecule has 3 rings (SSSR count). The smallest absolute Gasteiger partial charge is 0.295 e.